The number of nitrogens with zero attached hydrogens (tertiary/aromatic N) is 2. The van der Waals surface area contributed by atoms with Crippen molar-refractivity contribution in [1.82, 2.24) is 9.97 Å². The first kappa shape index (κ1) is 18.5. The molecule has 0 saturated heterocycles. The summed E-state index contributed by atoms with van der Waals surface area (Å²) in [5.41, 5.74) is 4.64. The third-order valence-electron chi connectivity index (χ3n) is 3.38. The number of nitrogens with two attached hydrogens (primary N) is 1. The summed E-state index contributed by atoms with van der Waals surface area (Å²) in [5, 5.41) is 2.96. The van der Waals surface area contributed by atoms with Crippen molar-refractivity contribution in [1.29, 1.82) is 0 Å². The molecule has 0 unspecified atom stereocenters. The van der Waals surface area contributed by atoms with Crippen LogP contribution in [0.4, 0.5) is 24.9 Å². The van der Waals surface area contributed by atoms with E-state index < -0.39 is 17.6 Å². The Morgan fingerprint density at radius 3 is 2.23 bits per heavy atom. The third-order valence-corrected chi connectivity index (χ3v) is 3.38. The minimum Gasteiger partial charge on any atom is -0.383 e. The van der Waals surface area contributed by atoms with Gasteiger partial charge in [-0.1, -0.05) is 39.5 Å². The van der Waals surface area contributed by atoms with Gasteiger partial charge in [-0.25, -0.2) is 4.98 Å². The molecule has 1 aromatic heterocycles. The molecule has 0 aliphatic rings. The molecule has 0 saturated carbocycles. The molecule has 1 rings (SSSR count). The Morgan fingerprint density at radius 1 is 1.00 bits per heavy atom. The quantitative estimate of drug-likeness (QED) is 0.662. The molecule has 22 heavy (non-hydrogen) atoms. The van der Waals surface area contributed by atoms with Gasteiger partial charge in [0.05, 0.1) is 5.69 Å². The lowest BCUT2D eigenvalue weighted by molar-refractivity contribution is -0.138. The van der Waals surface area contributed by atoms with Crippen LogP contribution in [0.25, 0.3) is 0 Å². The minimum absolute atomic E-state index is 0.00792. The third kappa shape index (κ3) is 5.69. The monoisotopic (exact) mass is 318 g/mol. The molecule has 0 bridgehead atoms. The number of anilines is 2. The second-order valence-electron chi connectivity index (χ2n) is 5.34. The van der Waals surface area contributed by atoms with Crippen LogP contribution >= 0.6 is 0 Å². The van der Waals surface area contributed by atoms with E-state index in [0.29, 0.717) is 13.0 Å². The summed E-state index contributed by atoms with van der Waals surface area (Å²) in [6.07, 6.45) is 1.24. The number of nitrogens with one attached hydrogen (secondary N) is 1. The largest absolute Gasteiger partial charge is 0.421 e. The summed E-state index contributed by atoms with van der Waals surface area (Å²) in [4.78, 5) is 7.81. The van der Waals surface area contributed by atoms with Crippen molar-refractivity contribution in [2.24, 2.45) is 0 Å². The van der Waals surface area contributed by atoms with E-state index in [1.165, 1.54) is 0 Å². The molecule has 0 amide bonds. The molecular weight excluding hydrogens is 293 g/mol. The molecule has 1 aromatic rings. The zero-order chi connectivity index (χ0) is 16.6. The van der Waals surface area contributed by atoms with Crippen LogP contribution < -0.4 is 11.1 Å². The fraction of sp³-hybridized carbons (Fsp3) is 0.733. The maximum Gasteiger partial charge on any atom is 0.421 e. The Bertz CT molecular complexity index is 461. The van der Waals surface area contributed by atoms with Crippen LogP contribution in [0.15, 0.2) is 0 Å². The van der Waals surface area contributed by atoms with Crippen LogP contribution in [-0.2, 0) is 12.6 Å². The Hall–Kier alpha value is -1.53. The molecule has 0 aliphatic carbocycles. The number of rotatable bonds is 9. The lowest BCUT2D eigenvalue weighted by Crippen LogP contribution is -2.18. The van der Waals surface area contributed by atoms with E-state index in [1.54, 1.807) is 0 Å². The number of nitrogen functional groups attached to an aromatic ring is 1. The van der Waals surface area contributed by atoms with Gasteiger partial charge in [0.2, 0.25) is 5.95 Å². The topological polar surface area (TPSA) is 63.8 Å². The first-order chi connectivity index (χ1) is 10.4. The van der Waals surface area contributed by atoms with Gasteiger partial charge in [0.25, 0.3) is 0 Å². The fourth-order valence-electron chi connectivity index (χ4n) is 2.21. The number of halogens is 3. The molecule has 126 valence electrons. The maximum absolute atomic E-state index is 13.1. The zero-order valence-corrected chi connectivity index (χ0v) is 13.3. The molecular formula is C15H25F3N4. The van der Waals surface area contributed by atoms with Crippen molar-refractivity contribution in [2.75, 3.05) is 17.6 Å². The van der Waals surface area contributed by atoms with Crippen LogP contribution in [0.3, 0.4) is 0 Å². The zero-order valence-electron chi connectivity index (χ0n) is 13.3. The number of aromatic nitrogens is 2. The van der Waals surface area contributed by atoms with Crippen LogP contribution in [0.5, 0.6) is 0 Å². The molecule has 7 heteroatoms. The fourth-order valence-corrected chi connectivity index (χ4v) is 2.21. The number of unbranched alkanes of at least 4 members (excludes halogenated alkanes) is 4. The first-order valence-electron chi connectivity index (χ1n) is 7.87. The smallest absolute Gasteiger partial charge is 0.383 e. The average molecular weight is 318 g/mol. The van der Waals surface area contributed by atoms with E-state index in [2.05, 4.69) is 22.2 Å². The average Bonchev–Trinajstić information content (AvgIpc) is 2.42. The summed E-state index contributed by atoms with van der Waals surface area (Å²) >= 11 is 0. The van der Waals surface area contributed by atoms with E-state index >= 15 is 0 Å². The van der Waals surface area contributed by atoms with E-state index in [0.717, 1.165) is 32.1 Å². The van der Waals surface area contributed by atoms with E-state index in [1.807, 2.05) is 6.92 Å². The van der Waals surface area contributed by atoms with Gasteiger partial charge in [-0.2, -0.15) is 18.2 Å². The van der Waals surface area contributed by atoms with Crippen molar-refractivity contribution < 1.29 is 13.2 Å². The standard InChI is InChI=1S/C15H25F3N4/c1-3-5-7-9-11-12(15(16,17)18)13(19)22-14(21-11)20-10-8-6-4-2/h3-10H2,1-2H3,(H3,19,20,21,22). The molecule has 4 nitrogen and oxygen atoms in total. The minimum atomic E-state index is -4.52. The van der Waals surface area contributed by atoms with Gasteiger partial charge >= 0.3 is 6.18 Å². The number of aryl methyl sites for hydroxylation is 1. The van der Waals surface area contributed by atoms with Gasteiger partial charge < -0.3 is 11.1 Å². The van der Waals surface area contributed by atoms with Crippen LogP contribution in [0, 0.1) is 0 Å². The lowest BCUT2D eigenvalue weighted by Gasteiger charge is -2.16. The lowest BCUT2D eigenvalue weighted by atomic mass is 10.1. The van der Waals surface area contributed by atoms with Gasteiger partial charge in [-0.3, -0.25) is 0 Å². The van der Waals surface area contributed by atoms with Crippen molar-refractivity contribution in [3.63, 3.8) is 0 Å². The molecule has 0 radical (unpaired) electrons. The summed E-state index contributed by atoms with van der Waals surface area (Å²) in [5.74, 6) is -0.305. The molecule has 0 spiro atoms. The Kier molecular flexibility index (Phi) is 7.41. The Labute approximate surface area is 129 Å². The normalized spacial score (nSPS) is 11.7. The summed E-state index contributed by atoms with van der Waals surface area (Å²) < 4.78 is 39.4. The van der Waals surface area contributed by atoms with Crippen molar-refractivity contribution in [3.8, 4) is 0 Å². The van der Waals surface area contributed by atoms with Gasteiger partial charge in [-0.05, 0) is 19.3 Å². The number of hydrogen-bond donors (Lipinski definition) is 2. The van der Waals surface area contributed by atoms with Crippen molar-refractivity contribution in [2.45, 2.75) is 65.0 Å². The van der Waals surface area contributed by atoms with Gasteiger partial charge in [0.1, 0.15) is 11.4 Å². The van der Waals surface area contributed by atoms with Crippen LogP contribution in [0.1, 0.15) is 63.6 Å². The Morgan fingerprint density at radius 2 is 1.64 bits per heavy atom. The highest BCUT2D eigenvalue weighted by molar-refractivity contribution is 5.49. The first-order valence-corrected chi connectivity index (χ1v) is 7.87. The highest BCUT2D eigenvalue weighted by Gasteiger charge is 2.37. The van der Waals surface area contributed by atoms with Crippen molar-refractivity contribution in [3.05, 3.63) is 11.3 Å². The maximum atomic E-state index is 13.1. The van der Waals surface area contributed by atoms with Crippen LogP contribution in [0.2, 0.25) is 0 Å². The molecule has 1 heterocycles. The summed E-state index contributed by atoms with van der Waals surface area (Å²) in [7, 11) is 0. The predicted molar refractivity (Wildman–Crippen MR) is 82.7 cm³/mol. The Balaban J connectivity index is 2.93. The molecule has 0 aliphatic heterocycles. The summed E-state index contributed by atoms with van der Waals surface area (Å²) in [6.45, 7) is 4.71. The molecule has 0 fully saturated rings. The van der Waals surface area contributed by atoms with Gasteiger partial charge in [-0.15, -0.1) is 0 Å². The van der Waals surface area contributed by atoms with Gasteiger partial charge in [0, 0.05) is 6.54 Å². The van der Waals surface area contributed by atoms with Gasteiger partial charge in [0.15, 0.2) is 0 Å². The molecule has 3 N–H and O–H groups in total. The highest BCUT2D eigenvalue weighted by atomic mass is 19.4. The number of hydrogen-bond acceptors (Lipinski definition) is 4. The SMILES string of the molecule is CCCCCNc1nc(N)c(C(F)(F)F)c(CCCCC)n1. The van der Waals surface area contributed by atoms with Crippen molar-refractivity contribution >= 4 is 11.8 Å². The van der Waals surface area contributed by atoms with E-state index in [4.69, 9.17) is 5.73 Å². The number of alkyl halides is 3. The molecule has 0 aromatic carbocycles. The highest BCUT2D eigenvalue weighted by Crippen LogP contribution is 2.35. The summed E-state index contributed by atoms with van der Waals surface area (Å²) in [6, 6.07) is 0. The second-order valence-corrected chi connectivity index (χ2v) is 5.34. The predicted octanol–water partition coefficient (Wildman–Crippen LogP) is 4.41. The second kappa shape index (κ2) is 8.80. The molecule has 0 atom stereocenters. The van der Waals surface area contributed by atoms with Crippen LogP contribution in [-0.4, -0.2) is 16.5 Å². The van der Waals surface area contributed by atoms with E-state index in [-0.39, 0.29) is 18.1 Å². The van der Waals surface area contributed by atoms with E-state index in [9.17, 15) is 13.2 Å².